The van der Waals surface area contributed by atoms with Gasteiger partial charge in [-0.3, -0.25) is 4.79 Å². The Morgan fingerprint density at radius 1 is 0.875 bits per heavy atom. The number of nitrogens with one attached hydrogen (secondary N) is 1. The van der Waals surface area contributed by atoms with Gasteiger partial charge in [0.15, 0.2) is 0 Å². The van der Waals surface area contributed by atoms with Crippen LogP contribution in [0, 0.1) is 6.92 Å². The molecule has 2 aromatic rings. The molecule has 0 aliphatic carbocycles. The second-order valence-electron chi connectivity index (χ2n) is 6.40. The number of anilines is 1. The Kier molecular flexibility index (Phi) is 8.61. The average molecular weight is 344 g/mol. The molecule has 0 fully saturated rings. The van der Waals surface area contributed by atoms with E-state index in [9.17, 15) is 4.79 Å². The fourth-order valence-electron chi connectivity index (χ4n) is 2.83. The highest BCUT2D eigenvalue weighted by molar-refractivity contribution is 7.11. The highest BCUT2D eigenvalue weighted by Crippen LogP contribution is 2.18. The number of benzene rings is 1. The van der Waals surface area contributed by atoms with E-state index in [1.807, 2.05) is 41.7 Å². The Hall–Kier alpha value is -1.61. The summed E-state index contributed by atoms with van der Waals surface area (Å²) in [5.41, 5.74) is 0.892. The number of carbonyl (C=O) groups excluding carboxylic acids is 1. The van der Waals surface area contributed by atoms with Gasteiger partial charge in [-0.25, -0.2) is 0 Å². The second-order valence-corrected chi connectivity index (χ2v) is 7.77. The minimum Gasteiger partial charge on any atom is -0.326 e. The van der Waals surface area contributed by atoms with Crippen molar-refractivity contribution in [3.63, 3.8) is 0 Å². The third-order valence-electron chi connectivity index (χ3n) is 4.18. The lowest BCUT2D eigenvalue weighted by Crippen LogP contribution is -2.10. The van der Waals surface area contributed by atoms with Crippen molar-refractivity contribution in [3.05, 3.63) is 52.2 Å². The molecule has 2 rings (SSSR count). The van der Waals surface area contributed by atoms with Crippen molar-refractivity contribution in [1.82, 2.24) is 0 Å². The lowest BCUT2D eigenvalue weighted by molar-refractivity contribution is -0.116. The van der Waals surface area contributed by atoms with Gasteiger partial charge in [0.2, 0.25) is 5.91 Å². The van der Waals surface area contributed by atoms with Crippen LogP contribution in [0.3, 0.4) is 0 Å². The van der Waals surface area contributed by atoms with Gasteiger partial charge in [0.1, 0.15) is 0 Å². The number of unbranched alkanes of at least 4 members (excludes halogenated alkanes) is 6. The van der Waals surface area contributed by atoms with Crippen LogP contribution in [0.1, 0.15) is 61.1 Å². The lowest BCUT2D eigenvalue weighted by Gasteiger charge is -2.05. The van der Waals surface area contributed by atoms with E-state index in [1.165, 1.54) is 48.3 Å². The first-order chi connectivity index (χ1) is 11.7. The van der Waals surface area contributed by atoms with Crippen LogP contribution in [-0.2, 0) is 11.2 Å². The van der Waals surface area contributed by atoms with Gasteiger partial charge in [0.05, 0.1) is 0 Å². The summed E-state index contributed by atoms with van der Waals surface area (Å²) < 4.78 is 0. The summed E-state index contributed by atoms with van der Waals surface area (Å²) in [6.07, 6.45) is 10.5. The van der Waals surface area contributed by atoms with E-state index in [-0.39, 0.29) is 5.91 Å². The summed E-state index contributed by atoms with van der Waals surface area (Å²) in [7, 11) is 0. The number of hydrogen-bond acceptors (Lipinski definition) is 2. The fourth-order valence-corrected chi connectivity index (χ4v) is 3.77. The molecule has 0 aliphatic heterocycles. The van der Waals surface area contributed by atoms with E-state index in [0.717, 1.165) is 18.5 Å². The predicted octanol–water partition coefficient (Wildman–Crippen LogP) is 6.36. The number of amides is 1. The van der Waals surface area contributed by atoms with Gasteiger partial charge in [-0.15, -0.1) is 11.3 Å². The van der Waals surface area contributed by atoms with Crippen molar-refractivity contribution in [2.75, 3.05) is 5.32 Å². The zero-order valence-electron chi connectivity index (χ0n) is 14.7. The molecule has 0 atom stereocenters. The van der Waals surface area contributed by atoms with Gasteiger partial charge >= 0.3 is 0 Å². The predicted molar refractivity (Wildman–Crippen MR) is 105 cm³/mol. The Morgan fingerprint density at radius 2 is 1.54 bits per heavy atom. The highest BCUT2D eigenvalue weighted by Gasteiger charge is 2.02. The number of aryl methyl sites for hydroxylation is 2. The van der Waals surface area contributed by atoms with Crippen LogP contribution in [0.15, 0.2) is 42.5 Å². The third kappa shape index (κ3) is 7.78. The third-order valence-corrected chi connectivity index (χ3v) is 5.24. The van der Waals surface area contributed by atoms with Crippen LogP contribution in [-0.4, -0.2) is 5.91 Å². The van der Waals surface area contributed by atoms with Gasteiger partial charge in [-0.2, -0.15) is 0 Å². The Balaban J connectivity index is 1.40. The molecule has 1 heterocycles. The molecule has 0 saturated heterocycles. The molecule has 1 aromatic carbocycles. The smallest absolute Gasteiger partial charge is 0.224 e. The SMILES string of the molecule is Cc1ccc(CCCCCCCCCC(=O)Nc2ccccc2)s1. The molecule has 130 valence electrons. The zero-order valence-corrected chi connectivity index (χ0v) is 15.5. The van der Waals surface area contributed by atoms with Crippen molar-refractivity contribution in [3.8, 4) is 0 Å². The van der Waals surface area contributed by atoms with Crippen LogP contribution < -0.4 is 5.32 Å². The molecule has 0 radical (unpaired) electrons. The largest absolute Gasteiger partial charge is 0.326 e. The first-order valence-electron chi connectivity index (χ1n) is 9.14. The summed E-state index contributed by atoms with van der Waals surface area (Å²) in [5, 5.41) is 2.94. The van der Waals surface area contributed by atoms with Crippen molar-refractivity contribution >= 4 is 22.9 Å². The molecular formula is C21H29NOS. The van der Waals surface area contributed by atoms with E-state index in [1.54, 1.807) is 0 Å². The summed E-state index contributed by atoms with van der Waals surface area (Å²) in [6.45, 7) is 2.17. The summed E-state index contributed by atoms with van der Waals surface area (Å²) in [5.74, 6) is 0.132. The molecule has 24 heavy (non-hydrogen) atoms. The fraction of sp³-hybridized carbons (Fsp3) is 0.476. The maximum atomic E-state index is 11.8. The van der Waals surface area contributed by atoms with E-state index >= 15 is 0 Å². The molecule has 0 bridgehead atoms. The Morgan fingerprint density at radius 3 is 2.21 bits per heavy atom. The van der Waals surface area contributed by atoms with Crippen LogP contribution >= 0.6 is 11.3 Å². The summed E-state index contributed by atoms with van der Waals surface area (Å²) in [6, 6.07) is 14.2. The summed E-state index contributed by atoms with van der Waals surface area (Å²) in [4.78, 5) is 14.8. The molecule has 0 spiro atoms. The quantitative estimate of drug-likeness (QED) is 0.473. The normalized spacial score (nSPS) is 10.7. The molecule has 2 nitrogen and oxygen atoms in total. The van der Waals surface area contributed by atoms with Crippen LogP contribution in [0.4, 0.5) is 5.69 Å². The van der Waals surface area contributed by atoms with Crippen LogP contribution in [0.2, 0.25) is 0 Å². The van der Waals surface area contributed by atoms with E-state index < -0.39 is 0 Å². The van der Waals surface area contributed by atoms with Crippen molar-refractivity contribution in [2.45, 2.75) is 64.7 Å². The number of hydrogen-bond donors (Lipinski definition) is 1. The van der Waals surface area contributed by atoms with Gasteiger partial charge in [0, 0.05) is 21.9 Å². The van der Waals surface area contributed by atoms with Crippen molar-refractivity contribution in [2.24, 2.45) is 0 Å². The molecule has 1 aromatic heterocycles. The number of rotatable bonds is 11. The number of thiophene rings is 1. The number of para-hydroxylation sites is 1. The van der Waals surface area contributed by atoms with Gasteiger partial charge in [-0.05, 0) is 50.5 Å². The van der Waals surface area contributed by atoms with E-state index in [4.69, 9.17) is 0 Å². The molecular weight excluding hydrogens is 314 g/mol. The molecule has 3 heteroatoms. The minimum atomic E-state index is 0.132. The molecule has 1 amide bonds. The van der Waals surface area contributed by atoms with Crippen LogP contribution in [0.5, 0.6) is 0 Å². The minimum absolute atomic E-state index is 0.132. The average Bonchev–Trinajstić information content (AvgIpc) is 2.99. The van der Waals surface area contributed by atoms with Crippen LogP contribution in [0.25, 0.3) is 0 Å². The molecule has 0 saturated carbocycles. The molecule has 0 unspecified atom stereocenters. The molecule has 1 N–H and O–H groups in total. The highest BCUT2D eigenvalue weighted by atomic mass is 32.1. The maximum absolute atomic E-state index is 11.8. The van der Waals surface area contributed by atoms with Gasteiger partial charge in [-0.1, -0.05) is 50.3 Å². The van der Waals surface area contributed by atoms with Crippen molar-refractivity contribution < 1.29 is 4.79 Å². The number of carbonyl (C=O) groups is 1. The first-order valence-corrected chi connectivity index (χ1v) is 9.96. The standard InChI is InChI=1S/C21H29NOS/c1-18-16-17-20(24-18)14-10-5-3-2-4-6-11-15-21(23)22-19-12-8-7-9-13-19/h7-9,12-13,16-17H,2-6,10-11,14-15H2,1H3,(H,22,23). The maximum Gasteiger partial charge on any atom is 0.224 e. The van der Waals surface area contributed by atoms with E-state index in [0.29, 0.717) is 6.42 Å². The van der Waals surface area contributed by atoms with Crippen molar-refractivity contribution in [1.29, 1.82) is 0 Å². The van der Waals surface area contributed by atoms with E-state index in [2.05, 4.69) is 24.4 Å². The topological polar surface area (TPSA) is 29.1 Å². The van der Waals surface area contributed by atoms with Gasteiger partial charge in [0.25, 0.3) is 0 Å². The zero-order chi connectivity index (χ0) is 17.0. The Bertz CT molecular complexity index is 591. The second kappa shape index (κ2) is 11.0. The lowest BCUT2D eigenvalue weighted by atomic mass is 10.1. The molecule has 0 aliphatic rings. The first kappa shape index (κ1) is 18.7. The monoisotopic (exact) mass is 343 g/mol. The van der Waals surface area contributed by atoms with Gasteiger partial charge < -0.3 is 5.32 Å². The Labute approximate surface area is 150 Å². The summed E-state index contributed by atoms with van der Waals surface area (Å²) >= 11 is 1.93.